The van der Waals surface area contributed by atoms with Crippen LogP contribution in [-0.4, -0.2) is 29.4 Å². The van der Waals surface area contributed by atoms with Crippen LogP contribution in [0.15, 0.2) is 29.4 Å². The van der Waals surface area contributed by atoms with E-state index in [4.69, 9.17) is 0 Å². The predicted octanol–water partition coefficient (Wildman–Crippen LogP) is 2.66. The molecule has 1 amide bonds. The summed E-state index contributed by atoms with van der Waals surface area (Å²) in [6, 6.07) is 5.44. The number of hydrogen-bond acceptors (Lipinski definition) is 3. The van der Waals surface area contributed by atoms with Crippen LogP contribution in [-0.2, 0) is 4.79 Å². The number of amides is 1. The number of nitrogens with zero attached hydrogens (tertiary/aromatic N) is 1. The molecule has 0 aliphatic rings. The first-order valence-corrected chi connectivity index (χ1v) is 5.87. The molecule has 1 aromatic heterocycles. The second-order valence-electron chi connectivity index (χ2n) is 3.12. The van der Waals surface area contributed by atoms with Gasteiger partial charge in [0.05, 0.1) is 5.03 Å². The summed E-state index contributed by atoms with van der Waals surface area (Å²) < 4.78 is 35.4. The zero-order chi connectivity index (χ0) is 12.7. The van der Waals surface area contributed by atoms with Crippen molar-refractivity contribution in [3.05, 3.63) is 24.4 Å². The van der Waals surface area contributed by atoms with Gasteiger partial charge in [-0.05, 0) is 18.6 Å². The molecule has 0 fully saturated rings. The maximum absolute atomic E-state index is 11.8. The summed E-state index contributed by atoms with van der Waals surface area (Å²) in [7, 11) is 0. The summed E-state index contributed by atoms with van der Waals surface area (Å²) in [5.41, 5.74) is 0. The van der Waals surface area contributed by atoms with Gasteiger partial charge in [0.25, 0.3) is 0 Å². The average Bonchev–Trinajstić information content (AvgIpc) is 2.28. The van der Waals surface area contributed by atoms with Crippen molar-refractivity contribution in [2.24, 2.45) is 0 Å². The summed E-state index contributed by atoms with van der Waals surface area (Å²) >= 11 is 1.44. The highest BCUT2D eigenvalue weighted by atomic mass is 35.5. The Morgan fingerprint density at radius 2 is 2.11 bits per heavy atom. The minimum absolute atomic E-state index is 0. The molecule has 0 aliphatic heterocycles. The maximum atomic E-state index is 11.8. The summed E-state index contributed by atoms with van der Waals surface area (Å²) in [5.74, 6) is -1.28. The molecule has 8 heteroatoms. The number of halogens is 4. The van der Waals surface area contributed by atoms with Gasteiger partial charge in [0.15, 0.2) is 0 Å². The van der Waals surface area contributed by atoms with Gasteiger partial charge in [-0.15, -0.1) is 24.2 Å². The zero-order valence-corrected chi connectivity index (χ0v) is 10.9. The van der Waals surface area contributed by atoms with Crippen molar-refractivity contribution in [1.82, 2.24) is 10.3 Å². The lowest BCUT2D eigenvalue weighted by atomic mass is 10.4. The molecule has 0 aliphatic carbocycles. The monoisotopic (exact) mass is 300 g/mol. The van der Waals surface area contributed by atoms with Crippen molar-refractivity contribution in [1.29, 1.82) is 0 Å². The molecule has 1 N–H and O–H groups in total. The van der Waals surface area contributed by atoms with Gasteiger partial charge in [0.2, 0.25) is 0 Å². The number of thioether (sulfide) groups is 1. The molecule has 0 unspecified atom stereocenters. The topological polar surface area (TPSA) is 42.0 Å². The maximum Gasteiger partial charge on any atom is 0.471 e. The minimum Gasteiger partial charge on any atom is -0.348 e. The average molecular weight is 301 g/mol. The van der Waals surface area contributed by atoms with Crippen molar-refractivity contribution in [3.63, 3.8) is 0 Å². The molecular weight excluding hydrogens is 289 g/mol. The molecular formula is C10H12ClF3N2OS. The first-order valence-electron chi connectivity index (χ1n) is 4.89. The van der Waals surface area contributed by atoms with E-state index in [1.165, 1.54) is 11.8 Å². The molecule has 0 saturated heterocycles. The highest BCUT2D eigenvalue weighted by Gasteiger charge is 2.38. The van der Waals surface area contributed by atoms with E-state index < -0.39 is 12.1 Å². The van der Waals surface area contributed by atoms with Crippen molar-refractivity contribution in [3.8, 4) is 0 Å². The van der Waals surface area contributed by atoms with Gasteiger partial charge in [-0.25, -0.2) is 4.98 Å². The Bertz CT molecular complexity index is 362. The number of carbonyl (C=O) groups excluding carboxylic acids is 1. The van der Waals surface area contributed by atoms with E-state index in [0.29, 0.717) is 12.2 Å². The van der Waals surface area contributed by atoms with E-state index in [9.17, 15) is 18.0 Å². The Hall–Kier alpha value is -0.950. The Labute approximate surface area is 113 Å². The van der Waals surface area contributed by atoms with E-state index in [1.807, 2.05) is 17.4 Å². The van der Waals surface area contributed by atoms with E-state index >= 15 is 0 Å². The lowest BCUT2D eigenvalue weighted by Crippen LogP contribution is -2.37. The number of alkyl halides is 3. The molecule has 1 aromatic rings. The van der Waals surface area contributed by atoms with E-state index in [2.05, 4.69) is 4.98 Å². The highest BCUT2D eigenvalue weighted by molar-refractivity contribution is 7.99. The second kappa shape index (κ2) is 8.20. The van der Waals surface area contributed by atoms with Gasteiger partial charge in [-0.3, -0.25) is 4.79 Å². The number of carbonyl (C=O) groups is 1. The smallest absolute Gasteiger partial charge is 0.348 e. The molecule has 102 valence electrons. The van der Waals surface area contributed by atoms with Crippen molar-refractivity contribution in [2.75, 3.05) is 12.3 Å². The SMILES string of the molecule is Cl.O=C(NCCCSc1ccccn1)C(F)(F)F. The minimum atomic E-state index is -4.80. The highest BCUT2D eigenvalue weighted by Crippen LogP contribution is 2.15. The van der Waals surface area contributed by atoms with Gasteiger partial charge in [0, 0.05) is 18.5 Å². The summed E-state index contributed by atoms with van der Waals surface area (Å²) in [6.07, 6.45) is -2.69. The largest absolute Gasteiger partial charge is 0.471 e. The number of nitrogens with one attached hydrogen (secondary N) is 1. The van der Waals surface area contributed by atoms with Crippen LogP contribution < -0.4 is 5.32 Å². The molecule has 0 saturated carbocycles. The fourth-order valence-electron chi connectivity index (χ4n) is 0.984. The number of aromatic nitrogens is 1. The molecule has 18 heavy (non-hydrogen) atoms. The lowest BCUT2D eigenvalue weighted by molar-refractivity contribution is -0.173. The molecule has 0 atom stereocenters. The number of hydrogen-bond donors (Lipinski definition) is 1. The second-order valence-corrected chi connectivity index (χ2v) is 4.24. The molecule has 1 rings (SSSR count). The van der Waals surface area contributed by atoms with Crippen LogP contribution in [0.25, 0.3) is 0 Å². The van der Waals surface area contributed by atoms with Crippen molar-refractivity contribution >= 4 is 30.1 Å². The first kappa shape index (κ1) is 17.1. The molecule has 0 radical (unpaired) electrons. The Morgan fingerprint density at radius 3 is 2.67 bits per heavy atom. The number of rotatable bonds is 5. The van der Waals surface area contributed by atoms with Crippen LogP contribution in [0.5, 0.6) is 0 Å². The third kappa shape index (κ3) is 6.70. The third-order valence-corrected chi connectivity index (χ3v) is 2.78. The molecule has 0 aromatic carbocycles. The third-order valence-electron chi connectivity index (χ3n) is 1.75. The van der Waals surface area contributed by atoms with Gasteiger partial charge in [-0.1, -0.05) is 6.07 Å². The fourth-order valence-corrected chi connectivity index (χ4v) is 1.79. The zero-order valence-electron chi connectivity index (χ0n) is 9.24. The van der Waals surface area contributed by atoms with Crippen molar-refractivity contribution in [2.45, 2.75) is 17.6 Å². The van der Waals surface area contributed by atoms with Crippen LogP contribution in [0.3, 0.4) is 0 Å². The van der Waals surface area contributed by atoms with Crippen molar-refractivity contribution < 1.29 is 18.0 Å². The first-order chi connectivity index (χ1) is 8.00. The predicted molar refractivity (Wildman–Crippen MR) is 65.9 cm³/mol. The van der Waals surface area contributed by atoms with Gasteiger partial charge in [-0.2, -0.15) is 13.2 Å². The Kier molecular flexibility index (Phi) is 7.77. The Balaban J connectivity index is 0.00000289. The molecule has 3 nitrogen and oxygen atoms in total. The number of pyridine rings is 1. The lowest BCUT2D eigenvalue weighted by Gasteiger charge is -2.07. The summed E-state index contributed by atoms with van der Waals surface area (Å²) in [5, 5.41) is 2.63. The van der Waals surface area contributed by atoms with E-state index in [0.717, 1.165) is 5.03 Å². The van der Waals surface area contributed by atoms with Gasteiger partial charge < -0.3 is 5.32 Å². The molecule has 0 spiro atoms. The van der Waals surface area contributed by atoms with Gasteiger partial charge in [0.1, 0.15) is 0 Å². The van der Waals surface area contributed by atoms with E-state index in [-0.39, 0.29) is 19.0 Å². The van der Waals surface area contributed by atoms with E-state index in [1.54, 1.807) is 12.3 Å². The van der Waals surface area contributed by atoms with Gasteiger partial charge >= 0.3 is 12.1 Å². The van der Waals surface area contributed by atoms with Crippen LogP contribution in [0, 0.1) is 0 Å². The quantitative estimate of drug-likeness (QED) is 0.671. The molecule has 0 bridgehead atoms. The standard InChI is InChI=1S/C10H11F3N2OS.ClH/c11-10(12,13)9(16)15-6-3-7-17-8-4-1-2-5-14-8;/h1-2,4-5H,3,6-7H2,(H,15,16);1H. The van der Waals surface area contributed by atoms with Crippen LogP contribution in [0.4, 0.5) is 13.2 Å². The fraction of sp³-hybridized carbons (Fsp3) is 0.400. The van der Waals surface area contributed by atoms with Crippen LogP contribution in [0.1, 0.15) is 6.42 Å². The Morgan fingerprint density at radius 1 is 1.39 bits per heavy atom. The summed E-state index contributed by atoms with van der Waals surface area (Å²) in [4.78, 5) is 14.5. The summed E-state index contributed by atoms with van der Waals surface area (Å²) in [6.45, 7) is 0.0121. The van der Waals surface area contributed by atoms with Crippen LogP contribution in [0.2, 0.25) is 0 Å². The van der Waals surface area contributed by atoms with Crippen LogP contribution >= 0.6 is 24.2 Å². The molecule has 1 heterocycles. The normalized spacial score (nSPS) is 10.6.